The first kappa shape index (κ1) is 15.0. The molecule has 0 aliphatic heterocycles. The molecule has 19 heavy (non-hydrogen) atoms. The van der Waals surface area contributed by atoms with E-state index in [1.54, 1.807) is 13.8 Å². The number of nitrogens with zero attached hydrogens (tertiary/aromatic N) is 4. The highest BCUT2D eigenvalue weighted by atomic mass is 16.7. The average molecular weight is 272 g/mol. The Balaban J connectivity index is 2.55. The zero-order valence-corrected chi connectivity index (χ0v) is 11.0. The lowest BCUT2D eigenvalue weighted by Gasteiger charge is -2.13. The zero-order chi connectivity index (χ0) is 14.3. The van der Waals surface area contributed by atoms with Crippen molar-refractivity contribution in [3.63, 3.8) is 0 Å². The smallest absolute Gasteiger partial charge is 0.435 e. The molecule has 106 valence electrons. The summed E-state index contributed by atoms with van der Waals surface area (Å²) in [7, 11) is 0. The lowest BCUT2D eigenvalue weighted by molar-refractivity contribution is -0.121. The second-order valence-corrected chi connectivity index (χ2v) is 3.63. The average Bonchev–Trinajstić information content (AvgIpc) is 2.77. The Morgan fingerprint density at radius 1 is 1.42 bits per heavy atom. The van der Waals surface area contributed by atoms with Crippen LogP contribution < -0.4 is 0 Å². The fourth-order valence-electron chi connectivity index (χ4n) is 1.22. The molecule has 1 heterocycles. The van der Waals surface area contributed by atoms with Crippen LogP contribution in [0.25, 0.3) is 0 Å². The summed E-state index contributed by atoms with van der Waals surface area (Å²) < 4.78 is 16.0. The quantitative estimate of drug-likeness (QED) is 0.659. The zero-order valence-electron chi connectivity index (χ0n) is 11.0. The maximum atomic E-state index is 11.2. The molecule has 0 aromatic carbocycles. The van der Waals surface area contributed by atoms with Crippen LogP contribution in [0.3, 0.4) is 0 Å². The first-order chi connectivity index (χ1) is 9.04. The van der Waals surface area contributed by atoms with E-state index in [-0.39, 0.29) is 25.6 Å². The summed E-state index contributed by atoms with van der Waals surface area (Å²) in [6.45, 7) is 4.90. The van der Waals surface area contributed by atoms with Gasteiger partial charge in [0.2, 0.25) is 0 Å². The Hall–Kier alpha value is -2.03. The molecular formula is C10H16N4O5. The normalized spacial score (nSPS) is 11.9. The highest BCUT2D eigenvalue weighted by Gasteiger charge is 2.17. The van der Waals surface area contributed by atoms with E-state index in [1.165, 1.54) is 11.6 Å². The van der Waals surface area contributed by atoms with Crippen LogP contribution in [0.2, 0.25) is 0 Å². The number of ketones is 1. The Morgan fingerprint density at radius 2 is 2.16 bits per heavy atom. The molecular weight excluding hydrogens is 256 g/mol. The van der Waals surface area contributed by atoms with Crippen LogP contribution >= 0.6 is 0 Å². The molecule has 1 atom stereocenters. The Kier molecular flexibility index (Phi) is 5.86. The minimum atomic E-state index is -0.805. The number of hydrogen-bond donors (Lipinski definition) is 0. The highest BCUT2D eigenvalue weighted by Crippen LogP contribution is 2.09. The summed E-state index contributed by atoms with van der Waals surface area (Å²) >= 11 is 0. The maximum absolute atomic E-state index is 11.2. The highest BCUT2D eigenvalue weighted by molar-refractivity contribution is 5.76. The number of hydrogen-bond acceptors (Lipinski definition) is 8. The third-order valence-corrected chi connectivity index (χ3v) is 1.97. The second-order valence-electron chi connectivity index (χ2n) is 3.63. The predicted molar refractivity (Wildman–Crippen MR) is 61.0 cm³/mol. The molecule has 1 rings (SSSR count). The number of aromatic nitrogens is 4. The first-order valence-electron chi connectivity index (χ1n) is 5.72. The Morgan fingerprint density at radius 3 is 2.79 bits per heavy atom. The molecule has 0 saturated carbocycles. The van der Waals surface area contributed by atoms with Gasteiger partial charge in [0, 0.05) is 0 Å². The third-order valence-electron chi connectivity index (χ3n) is 1.97. The van der Waals surface area contributed by atoms with Gasteiger partial charge in [0.1, 0.15) is 13.2 Å². The van der Waals surface area contributed by atoms with Crippen LogP contribution in [0.15, 0.2) is 0 Å². The maximum Gasteiger partial charge on any atom is 0.510 e. The van der Waals surface area contributed by atoms with Gasteiger partial charge in [-0.05, 0) is 31.2 Å². The van der Waals surface area contributed by atoms with E-state index in [0.29, 0.717) is 5.82 Å². The summed E-state index contributed by atoms with van der Waals surface area (Å²) in [5, 5.41) is 10.9. The fraction of sp³-hybridized carbons (Fsp3) is 0.700. The van der Waals surface area contributed by atoms with Gasteiger partial charge in [0.15, 0.2) is 17.8 Å². The molecule has 1 aromatic heterocycles. The van der Waals surface area contributed by atoms with Crippen LogP contribution in [0.1, 0.15) is 32.8 Å². The third kappa shape index (κ3) is 5.00. The standard InChI is InChI=1S/C10H16N4O5/c1-4-18-10(16)19-8(3)14-9(11-12-13-14)6-17-5-7(2)15/h8H,4-6H2,1-3H3/t8-/m0/s1. The van der Waals surface area contributed by atoms with Crippen molar-refractivity contribution in [2.45, 2.75) is 33.6 Å². The van der Waals surface area contributed by atoms with Gasteiger partial charge in [-0.3, -0.25) is 4.79 Å². The van der Waals surface area contributed by atoms with E-state index in [2.05, 4.69) is 20.3 Å². The monoisotopic (exact) mass is 272 g/mol. The van der Waals surface area contributed by atoms with E-state index in [1.807, 2.05) is 0 Å². The molecule has 0 fully saturated rings. The summed E-state index contributed by atoms with van der Waals surface area (Å²) in [5.74, 6) is 0.243. The van der Waals surface area contributed by atoms with Crippen molar-refractivity contribution >= 4 is 11.9 Å². The largest absolute Gasteiger partial charge is 0.510 e. The number of rotatable bonds is 7. The topological polar surface area (TPSA) is 105 Å². The SMILES string of the molecule is CCOC(=O)O[C@@H](C)n1nnnc1COCC(C)=O. The molecule has 0 N–H and O–H groups in total. The van der Waals surface area contributed by atoms with Crippen LogP contribution in [-0.4, -0.2) is 45.4 Å². The van der Waals surface area contributed by atoms with E-state index >= 15 is 0 Å². The van der Waals surface area contributed by atoms with Crippen molar-refractivity contribution in [2.24, 2.45) is 0 Å². The van der Waals surface area contributed by atoms with Crippen LogP contribution in [0, 0.1) is 0 Å². The van der Waals surface area contributed by atoms with Crippen molar-refractivity contribution in [3.05, 3.63) is 5.82 Å². The number of ether oxygens (including phenoxy) is 3. The molecule has 0 amide bonds. The molecule has 0 saturated heterocycles. The number of carbonyl (C=O) groups is 2. The first-order valence-corrected chi connectivity index (χ1v) is 5.72. The molecule has 0 unspecified atom stereocenters. The van der Waals surface area contributed by atoms with Gasteiger partial charge in [0.25, 0.3) is 0 Å². The van der Waals surface area contributed by atoms with Gasteiger partial charge < -0.3 is 14.2 Å². The molecule has 0 aliphatic carbocycles. The van der Waals surface area contributed by atoms with Gasteiger partial charge >= 0.3 is 6.16 Å². The summed E-state index contributed by atoms with van der Waals surface area (Å²) in [5.41, 5.74) is 0. The predicted octanol–water partition coefficient (Wildman–Crippen LogP) is 0.470. The summed E-state index contributed by atoms with van der Waals surface area (Å²) in [6, 6.07) is 0. The van der Waals surface area contributed by atoms with Crippen molar-refractivity contribution in [3.8, 4) is 0 Å². The van der Waals surface area contributed by atoms with Crippen molar-refractivity contribution in [2.75, 3.05) is 13.2 Å². The molecule has 0 spiro atoms. The van der Waals surface area contributed by atoms with Crippen molar-refractivity contribution < 1.29 is 23.8 Å². The van der Waals surface area contributed by atoms with E-state index < -0.39 is 12.4 Å². The van der Waals surface area contributed by atoms with Gasteiger partial charge in [-0.1, -0.05) is 0 Å². The minimum Gasteiger partial charge on any atom is -0.435 e. The Bertz CT molecular complexity index is 433. The number of tetrazole rings is 1. The summed E-state index contributed by atoms with van der Waals surface area (Å²) in [6.07, 6.45) is -1.54. The fourth-order valence-corrected chi connectivity index (χ4v) is 1.22. The van der Waals surface area contributed by atoms with Gasteiger partial charge in [0.05, 0.1) is 6.61 Å². The Labute approximate surface area is 109 Å². The van der Waals surface area contributed by atoms with Crippen LogP contribution in [0.4, 0.5) is 4.79 Å². The lowest BCUT2D eigenvalue weighted by Crippen LogP contribution is -2.19. The lowest BCUT2D eigenvalue weighted by atomic mass is 10.5. The molecule has 0 aliphatic rings. The van der Waals surface area contributed by atoms with Crippen LogP contribution in [-0.2, 0) is 25.6 Å². The number of carbonyl (C=O) groups excluding carboxylic acids is 2. The van der Waals surface area contributed by atoms with Crippen molar-refractivity contribution in [1.82, 2.24) is 20.2 Å². The van der Waals surface area contributed by atoms with Crippen molar-refractivity contribution in [1.29, 1.82) is 0 Å². The second kappa shape index (κ2) is 7.41. The number of Topliss-reactive ketones (excluding diaryl/α,β-unsaturated/α-hetero) is 1. The molecule has 0 radical (unpaired) electrons. The van der Waals surface area contributed by atoms with Gasteiger partial charge in [-0.25, -0.2) is 4.79 Å². The van der Waals surface area contributed by atoms with Gasteiger partial charge in [-0.15, -0.1) is 5.10 Å². The molecule has 9 heteroatoms. The molecule has 0 bridgehead atoms. The van der Waals surface area contributed by atoms with E-state index in [9.17, 15) is 9.59 Å². The molecule has 9 nitrogen and oxygen atoms in total. The van der Waals surface area contributed by atoms with E-state index in [0.717, 1.165) is 0 Å². The van der Waals surface area contributed by atoms with Gasteiger partial charge in [-0.2, -0.15) is 4.68 Å². The molecule has 1 aromatic rings. The summed E-state index contributed by atoms with van der Waals surface area (Å²) in [4.78, 5) is 21.9. The minimum absolute atomic E-state index is 0.0278. The van der Waals surface area contributed by atoms with Crippen LogP contribution in [0.5, 0.6) is 0 Å². The van der Waals surface area contributed by atoms with E-state index in [4.69, 9.17) is 9.47 Å².